The quantitative estimate of drug-likeness (QED) is 0.760. The molecule has 0 bridgehead atoms. The molecule has 0 amide bonds. The summed E-state index contributed by atoms with van der Waals surface area (Å²) in [5.74, 6) is -4.50. The number of halogens is 5. The maximum absolute atomic E-state index is 13.2. The highest BCUT2D eigenvalue weighted by Crippen LogP contribution is 2.45. The zero-order valence-electron chi connectivity index (χ0n) is 11.2. The number of benzene rings is 1. The lowest BCUT2D eigenvalue weighted by Crippen LogP contribution is -2.43. The van der Waals surface area contributed by atoms with E-state index in [2.05, 4.69) is 0 Å². The summed E-state index contributed by atoms with van der Waals surface area (Å²) in [6.07, 6.45) is -7.13. The number of methoxy groups -OCH3 is 2. The minimum absolute atomic E-state index is 0.184. The predicted octanol–water partition coefficient (Wildman–Crippen LogP) is 4.14. The van der Waals surface area contributed by atoms with E-state index in [1.807, 2.05) is 0 Å². The summed E-state index contributed by atoms with van der Waals surface area (Å²) in [5.41, 5.74) is -1.60. The van der Waals surface area contributed by atoms with Crippen LogP contribution in [-0.2, 0) is 10.3 Å². The van der Waals surface area contributed by atoms with Gasteiger partial charge in [0.1, 0.15) is 5.75 Å². The lowest BCUT2D eigenvalue weighted by molar-refractivity contribution is -0.298. The summed E-state index contributed by atoms with van der Waals surface area (Å²) in [6.45, 7) is 1.18. The lowest BCUT2D eigenvalue weighted by atomic mass is 9.89. The molecule has 20 heavy (non-hydrogen) atoms. The van der Waals surface area contributed by atoms with E-state index in [-0.39, 0.29) is 5.56 Å². The van der Waals surface area contributed by atoms with Crippen molar-refractivity contribution in [3.63, 3.8) is 0 Å². The van der Waals surface area contributed by atoms with Crippen LogP contribution in [0.5, 0.6) is 5.75 Å². The Bertz CT molecular complexity index is 458. The molecular weight excluding hydrogens is 283 g/mol. The number of ether oxygens (including phenoxy) is 2. The normalized spacial score (nSPS) is 15.8. The van der Waals surface area contributed by atoms with Crippen molar-refractivity contribution in [2.24, 2.45) is 0 Å². The van der Waals surface area contributed by atoms with Crippen molar-refractivity contribution in [1.82, 2.24) is 0 Å². The van der Waals surface area contributed by atoms with Crippen molar-refractivity contribution in [1.29, 1.82) is 0 Å². The van der Waals surface area contributed by atoms with Crippen LogP contribution in [0.4, 0.5) is 22.0 Å². The van der Waals surface area contributed by atoms with Crippen LogP contribution < -0.4 is 4.74 Å². The maximum atomic E-state index is 13.2. The lowest BCUT2D eigenvalue weighted by Gasteiger charge is -2.33. The molecular formula is C13H15F5O2. The van der Waals surface area contributed by atoms with Crippen LogP contribution in [0, 0.1) is 0 Å². The molecule has 114 valence electrons. The largest absolute Gasteiger partial charge is 0.497 e. The Balaban J connectivity index is 3.14. The summed E-state index contributed by atoms with van der Waals surface area (Å²) >= 11 is 0. The summed E-state index contributed by atoms with van der Waals surface area (Å²) in [7, 11) is 2.46. The van der Waals surface area contributed by atoms with Gasteiger partial charge in [-0.25, -0.2) is 0 Å². The van der Waals surface area contributed by atoms with Crippen molar-refractivity contribution in [3.8, 4) is 5.75 Å². The molecule has 1 aromatic rings. The van der Waals surface area contributed by atoms with Gasteiger partial charge in [-0.05, 0) is 24.6 Å². The van der Waals surface area contributed by atoms with Crippen LogP contribution in [0.3, 0.4) is 0 Å². The molecule has 7 heteroatoms. The first-order chi connectivity index (χ1) is 9.05. The zero-order chi connectivity index (χ0) is 15.6. The summed E-state index contributed by atoms with van der Waals surface area (Å²) in [6, 6.07) is 5.84. The van der Waals surface area contributed by atoms with Gasteiger partial charge in [0.15, 0.2) is 0 Å². The van der Waals surface area contributed by atoms with E-state index in [1.165, 1.54) is 32.2 Å². The fourth-order valence-corrected chi connectivity index (χ4v) is 1.77. The highest BCUT2D eigenvalue weighted by atomic mass is 19.4. The highest BCUT2D eigenvalue weighted by Gasteiger charge is 2.60. The third-order valence-corrected chi connectivity index (χ3v) is 3.10. The van der Waals surface area contributed by atoms with E-state index in [0.29, 0.717) is 5.75 Å². The second-order valence-corrected chi connectivity index (χ2v) is 4.55. The fourth-order valence-electron chi connectivity index (χ4n) is 1.77. The molecule has 0 saturated heterocycles. The van der Waals surface area contributed by atoms with E-state index in [9.17, 15) is 22.0 Å². The topological polar surface area (TPSA) is 18.5 Å². The van der Waals surface area contributed by atoms with E-state index in [0.717, 1.165) is 7.11 Å². The first-order valence-corrected chi connectivity index (χ1v) is 5.70. The minimum atomic E-state index is -5.62. The van der Waals surface area contributed by atoms with Crippen molar-refractivity contribution in [2.45, 2.75) is 31.0 Å². The first-order valence-electron chi connectivity index (χ1n) is 5.70. The maximum Gasteiger partial charge on any atom is 0.453 e. The molecule has 0 aliphatic rings. The minimum Gasteiger partial charge on any atom is -0.497 e. The fraction of sp³-hybridized carbons (Fsp3) is 0.538. The molecule has 1 unspecified atom stereocenters. The molecule has 0 heterocycles. The van der Waals surface area contributed by atoms with E-state index in [1.54, 1.807) is 6.07 Å². The molecule has 1 rings (SSSR count). The zero-order valence-corrected chi connectivity index (χ0v) is 11.2. The van der Waals surface area contributed by atoms with Crippen LogP contribution >= 0.6 is 0 Å². The van der Waals surface area contributed by atoms with Crippen LogP contribution in [0.15, 0.2) is 24.3 Å². The van der Waals surface area contributed by atoms with Crippen LogP contribution in [0.2, 0.25) is 0 Å². The number of hydrogen-bond donors (Lipinski definition) is 0. The Hall–Kier alpha value is -1.37. The molecule has 1 aromatic carbocycles. The molecule has 0 spiro atoms. The standard InChI is InChI=1S/C13H15F5O2/c1-11(20-3,8-12(14,15)13(16,17)18)9-5-4-6-10(7-9)19-2/h4-7H,8H2,1-3H3. The van der Waals surface area contributed by atoms with Crippen molar-refractivity contribution in [2.75, 3.05) is 14.2 Å². The molecule has 0 saturated carbocycles. The molecule has 1 atom stereocenters. The number of hydrogen-bond acceptors (Lipinski definition) is 2. The number of rotatable bonds is 5. The Morgan fingerprint density at radius 2 is 1.65 bits per heavy atom. The molecule has 0 radical (unpaired) electrons. The second kappa shape index (κ2) is 5.55. The summed E-state index contributed by atoms with van der Waals surface area (Å²) < 4.78 is 73.3. The average Bonchev–Trinajstić information content (AvgIpc) is 2.37. The third-order valence-electron chi connectivity index (χ3n) is 3.10. The molecule has 0 aliphatic carbocycles. The molecule has 0 N–H and O–H groups in total. The summed E-state index contributed by atoms with van der Waals surface area (Å²) in [4.78, 5) is 0. The molecule has 2 nitrogen and oxygen atoms in total. The Morgan fingerprint density at radius 3 is 2.10 bits per heavy atom. The van der Waals surface area contributed by atoms with Crippen LogP contribution in [0.1, 0.15) is 18.9 Å². The second-order valence-electron chi connectivity index (χ2n) is 4.55. The Morgan fingerprint density at radius 1 is 1.05 bits per heavy atom. The van der Waals surface area contributed by atoms with Crippen molar-refractivity contribution >= 4 is 0 Å². The van der Waals surface area contributed by atoms with Gasteiger partial charge >= 0.3 is 12.1 Å². The predicted molar refractivity (Wildman–Crippen MR) is 63.0 cm³/mol. The van der Waals surface area contributed by atoms with Gasteiger partial charge in [-0.15, -0.1) is 0 Å². The van der Waals surface area contributed by atoms with Gasteiger partial charge in [0.05, 0.1) is 19.1 Å². The number of alkyl halides is 5. The average molecular weight is 298 g/mol. The molecule has 0 aliphatic heterocycles. The first kappa shape index (κ1) is 16.7. The van der Waals surface area contributed by atoms with Gasteiger partial charge < -0.3 is 9.47 Å². The highest BCUT2D eigenvalue weighted by molar-refractivity contribution is 5.32. The van der Waals surface area contributed by atoms with Gasteiger partial charge in [0.2, 0.25) is 0 Å². The Labute approximate surface area is 113 Å². The van der Waals surface area contributed by atoms with Gasteiger partial charge in [-0.3, -0.25) is 0 Å². The van der Waals surface area contributed by atoms with Gasteiger partial charge in [-0.2, -0.15) is 22.0 Å². The smallest absolute Gasteiger partial charge is 0.453 e. The monoisotopic (exact) mass is 298 g/mol. The summed E-state index contributed by atoms with van der Waals surface area (Å²) in [5, 5.41) is 0. The SMILES string of the molecule is COc1cccc(C(C)(CC(F)(F)C(F)(F)F)OC)c1. The van der Waals surface area contributed by atoms with Crippen molar-refractivity contribution in [3.05, 3.63) is 29.8 Å². The van der Waals surface area contributed by atoms with E-state index < -0.39 is 24.1 Å². The van der Waals surface area contributed by atoms with Gasteiger partial charge in [-0.1, -0.05) is 12.1 Å². The Kier molecular flexibility index (Phi) is 4.63. The van der Waals surface area contributed by atoms with Gasteiger partial charge in [0, 0.05) is 7.11 Å². The third kappa shape index (κ3) is 3.39. The van der Waals surface area contributed by atoms with Crippen LogP contribution in [-0.4, -0.2) is 26.3 Å². The van der Waals surface area contributed by atoms with Gasteiger partial charge in [0.25, 0.3) is 0 Å². The van der Waals surface area contributed by atoms with Crippen LogP contribution in [0.25, 0.3) is 0 Å². The molecule has 0 aromatic heterocycles. The van der Waals surface area contributed by atoms with E-state index >= 15 is 0 Å². The van der Waals surface area contributed by atoms with Crippen molar-refractivity contribution < 1.29 is 31.4 Å². The van der Waals surface area contributed by atoms with E-state index in [4.69, 9.17) is 9.47 Å². The molecule has 0 fully saturated rings.